The molecule has 0 saturated carbocycles. The molecule has 27 heavy (non-hydrogen) atoms. The Hall–Kier alpha value is -2.12. The van der Waals surface area contributed by atoms with Crippen molar-refractivity contribution in [3.8, 4) is 5.75 Å². The molecule has 1 heterocycles. The Morgan fingerprint density at radius 3 is 2.74 bits per heavy atom. The normalized spacial score (nSPS) is 11.2. The fraction of sp³-hybridized carbons (Fsp3) is 0.250. The maximum Gasteiger partial charge on any atom is 0.212 e. The van der Waals surface area contributed by atoms with E-state index in [4.69, 9.17) is 4.74 Å². The zero-order valence-corrected chi connectivity index (χ0v) is 17.7. The van der Waals surface area contributed by atoms with Crippen LogP contribution in [0, 0.1) is 0 Å². The molecule has 3 rings (SSSR count). The molecular weight excluding hydrogens is 424 g/mol. The van der Waals surface area contributed by atoms with Crippen molar-refractivity contribution < 1.29 is 4.74 Å². The summed E-state index contributed by atoms with van der Waals surface area (Å²) in [5, 5.41) is 14.1. The Bertz CT molecular complexity index is 909. The molecule has 0 atom stereocenters. The average molecular weight is 445 g/mol. The topological polar surface area (TPSA) is 52.3 Å². The van der Waals surface area contributed by atoms with Crippen molar-refractivity contribution in [3.05, 3.63) is 70.0 Å². The fourth-order valence-corrected chi connectivity index (χ4v) is 3.58. The third kappa shape index (κ3) is 5.43. The van der Waals surface area contributed by atoms with E-state index in [9.17, 15) is 0 Å². The first-order chi connectivity index (χ1) is 13.2. The number of aromatic nitrogens is 3. The third-order valence-corrected chi connectivity index (χ3v) is 5.37. The van der Waals surface area contributed by atoms with Crippen LogP contribution in [0.3, 0.4) is 0 Å². The minimum Gasteiger partial charge on any atom is -0.497 e. The molecule has 0 radical (unpaired) electrons. The molecule has 1 aromatic heterocycles. The summed E-state index contributed by atoms with van der Waals surface area (Å²) in [5.41, 5.74) is 2.20. The number of hydrogen-bond donors (Lipinski definition) is 0. The molecule has 0 aliphatic heterocycles. The van der Waals surface area contributed by atoms with Gasteiger partial charge in [0, 0.05) is 16.6 Å². The molecule has 7 heteroatoms. The first kappa shape index (κ1) is 19.6. The molecular formula is C20H21BrN4OS. The van der Waals surface area contributed by atoms with Crippen LogP contribution in [0.2, 0.25) is 0 Å². The van der Waals surface area contributed by atoms with Crippen molar-refractivity contribution >= 4 is 33.9 Å². The summed E-state index contributed by atoms with van der Waals surface area (Å²) in [6.45, 7) is 2.12. The lowest BCUT2D eigenvalue weighted by Crippen LogP contribution is -2.00. The molecule has 0 fully saturated rings. The van der Waals surface area contributed by atoms with E-state index in [1.807, 2.05) is 47.3 Å². The number of nitrogens with zero attached hydrogens (tertiary/aromatic N) is 4. The summed E-state index contributed by atoms with van der Waals surface area (Å²) in [6, 6.07) is 16.1. The number of aryl methyl sites for hydroxylation is 1. The van der Waals surface area contributed by atoms with Crippen LogP contribution in [0.4, 0.5) is 0 Å². The van der Waals surface area contributed by atoms with Crippen LogP contribution in [0.25, 0.3) is 0 Å². The first-order valence-corrected chi connectivity index (χ1v) is 10.5. The van der Waals surface area contributed by atoms with E-state index >= 15 is 0 Å². The molecule has 2 aromatic carbocycles. The van der Waals surface area contributed by atoms with Crippen LogP contribution in [-0.4, -0.2) is 28.2 Å². The zero-order chi connectivity index (χ0) is 19.1. The van der Waals surface area contributed by atoms with Crippen molar-refractivity contribution in [2.24, 2.45) is 5.10 Å². The summed E-state index contributed by atoms with van der Waals surface area (Å²) in [5.74, 6) is 2.49. The van der Waals surface area contributed by atoms with Crippen molar-refractivity contribution in [2.75, 3.05) is 7.11 Å². The quantitative estimate of drug-likeness (QED) is 0.354. The third-order valence-electron chi connectivity index (χ3n) is 3.85. The van der Waals surface area contributed by atoms with Gasteiger partial charge in [0.1, 0.15) is 5.75 Å². The SMILES string of the molecule is CCCc1nnc(SCc2ccc(Br)cc2)n1/N=C\c1cccc(OC)c1. The number of rotatable bonds is 8. The highest BCUT2D eigenvalue weighted by Gasteiger charge is 2.11. The second-order valence-electron chi connectivity index (χ2n) is 5.90. The minimum atomic E-state index is 0.792. The maximum atomic E-state index is 5.27. The predicted molar refractivity (Wildman–Crippen MR) is 114 cm³/mol. The highest BCUT2D eigenvalue weighted by molar-refractivity contribution is 9.10. The summed E-state index contributed by atoms with van der Waals surface area (Å²) < 4.78 is 8.19. The zero-order valence-electron chi connectivity index (χ0n) is 15.3. The van der Waals surface area contributed by atoms with Gasteiger partial charge in [0.25, 0.3) is 0 Å². The number of benzene rings is 2. The Morgan fingerprint density at radius 1 is 1.19 bits per heavy atom. The van der Waals surface area contributed by atoms with E-state index in [1.54, 1.807) is 18.9 Å². The number of ether oxygens (including phenoxy) is 1. The van der Waals surface area contributed by atoms with Crippen LogP contribution < -0.4 is 4.74 Å². The number of halogens is 1. The van der Waals surface area contributed by atoms with Gasteiger partial charge in [-0.15, -0.1) is 10.2 Å². The molecule has 0 N–H and O–H groups in total. The molecule has 0 spiro atoms. The summed E-state index contributed by atoms with van der Waals surface area (Å²) in [6.07, 6.45) is 3.64. The molecule has 3 aromatic rings. The second-order valence-corrected chi connectivity index (χ2v) is 7.76. The smallest absolute Gasteiger partial charge is 0.212 e. The molecule has 0 aliphatic rings. The molecule has 0 bridgehead atoms. The summed E-state index contributed by atoms with van der Waals surface area (Å²) in [4.78, 5) is 0. The van der Waals surface area contributed by atoms with Crippen LogP contribution in [-0.2, 0) is 12.2 Å². The summed E-state index contributed by atoms with van der Waals surface area (Å²) >= 11 is 5.10. The number of hydrogen-bond acceptors (Lipinski definition) is 5. The van der Waals surface area contributed by atoms with E-state index in [1.165, 1.54) is 5.56 Å². The molecule has 5 nitrogen and oxygen atoms in total. The molecule has 0 unspecified atom stereocenters. The van der Waals surface area contributed by atoms with Gasteiger partial charge in [-0.3, -0.25) is 0 Å². The van der Waals surface area contributed by atoms with E-state index in [-0.39, 0.29) is 0 Å². The Kier molecular flexibility index (Phi) is 7.06. The van der Waals surface area contributed by atoms with Crippen LogP contribution in [0.15, 0.2) is 63.3 Å². The average Bonchev–Trinajstić information content (AvgIpc) is 3.08. The van der Waals surface area contributed by atoms with E-state index in [0.717, 1.165) is 45.4 Å². The molecule has 0 saturated heterocycles. The van der Waals surface area contributed by atoms with Gasteiger partial charge in [-0.05, 0) is 41.8 Å². The monoisotopic (exact) mass is 444 g/mol. The van der Waals surface area contributed by atoms with Crippen molar-refractivity contribution in [1.82, 2.24) is 14.9 Å². The van der Waals surface area contributed by atoms with Gasteiger partial charge in [0.05, 0.1) is 13.3 Å². The first-order valence-electron chi connectivity index (χ1n) is 8.69. The van der Waals surface area contributed by atoms with Crippen molar-refractivity contribution in [2.45, 2.75) is 30.7 Å². The highest BCUT2D eigenvalue weighted by Crippen LogP contribution is 2.23. The molecule has 0 amide bonds. The van der Waals surface area contributed by atoms with Gasteiger partial charge >= 0.3 is 0 Å². The van der Waals surface area contributed by atoms with E-state index < -0.39 is 0 Å². The molecule has 0 aliphatic carbocycles. The van der Waals surface area contributed by atoms with Gasteiger partial charge < -0.3 is 4.74 Å². The lowest BCUT2D eigenvalue weighted by molar-refractivity contribution is 0.414. The van der Waals surface area contributed by atoms with Gasteiger partial charge in [-0.2, -0.15) is 9.78 Å². The van der Waals surface area contributed by atoms with Gasteiger partial charge in [0.2, 0.25) is 5.16 Å². The van der Waals surface area contributed by atoms with Crippen LogP contribution in [0.1, 0.15) is 30.3 Å². The van der Waals surface area contributed by atoms with E-state index in [0.29, 0.717) is 0 Å². The predicted octanol–water partition coefficient (Wildman–Crippen LogP) is 5.18. The van der Waals surface area contributed by atoms with E-state index in [2.05, 4.69) is 50.3 Å². The Morgan fingerprint density at radius 2 is 2.00 bits per heavy atom. The number of thioether (sulfide) groups is 1. The van der Waals surface area contributed by atoms with Crippen LogP contribution >= 0.6 is 27.7 Å². The van der Waals surface area contributed by atoms with Gasteiger partial charge in [0.15, 0.2) is 5.82 Å². The Labute approximate surface area is 172 Å². The molecule has 140 valence electrons. The highest BCUT2D eigenvalue weighted by atomic mass is 79.9. The standard InChI is InChI=1S/C20H21BrN4OS/c1-3-5-19-23-24-20(27-14-15-8-10-17(21)11-9-15)25(19)22-13-16-6-4-7-18(12-16)26-2/h4,6-13H,3,5,14H2,1-2H3/b22-13-. The van der Waals surface area contributed by atoms with Crippen molar-refractivity contribution in [3.63, 3.8) is 0 Å². The van der Waals surface area contributed by atoms with Crippen molar-refractivity contribution in [1.29, 1.82) is 0 Å². The summed E-state index contributed by atoms with van der Waals surface area (Å²) in [7, 11) is 1.66. The Balaban J connectivity index is 1.80. The van der Waals surface area contributed by atoms with Gasteiger partial charge in [-0.25, -0.2) is 0 Å². The fourth-order valence-electron chi connectivity index (χ4n) is 2.46. The lowest BCUT2D eigenvalue weighted by atomic mass is 10.2. The minimum absolute atomic E-state index is 0.792. The maximum absolute atomic E-state index is 5.27. The largest absolute Gasteiger partial charge is 0.497 e. The van der Waals surface area contributed by atoms with Crippen LogP contribution in [0.5, 0.6) is 5.75 Å². The lowest BCUT2D eigenvalue weighted by Gasteiger charge is -2.05. The van der Waals surface area contributed by atoms with Gasteiger partial charge in [-0.1, -0.05) is 58.9 Å². The number of methoxy groups -OCH3 is 1. The second kappa shape index (κ2) is 9.71.